The highest BCUT2D eigenvalue weighted by molar-refractivity contribution is 5.90. The number of aromatic amines is 1. The van der Waals surface area contributed by atoms with Crippen molar-refractivity contribution in [2.45, 2.75) is 32.7 Å². The maximum absolute atomic E-state index is 13.5. The monoisotopic (exact) mass is 458 g/mol. The van der Waals surface area contributed by atoms with E-state index in [1.165, 1.54) is 0 Å². The number of fused-ring (bicyclic) bond motifs is 1. The maximum Gasteiger partial charge on any atom is 0.312 e. The number of nitrogens with two attached hydrogens (primary N) is 1. The number of carbonyl (C=O) groups is 1. The Morgan fingerprint density at radius 2 is 2.21 bits per heavy atom. The van der Waals surface area contributed by atoms with Crippen LogP contribution in [0.3, 0.4) is 0 Å². The smallest absolute Gasteiger partial charge is 0.312 e. The van der Waals surface area contributed by atoms with Gasteiger partial charge >= 0.3 is 11.8 Å². The lowest BCUT2D eigenvalue weighted by Gasteiger charge is -2.34. The molecule has 0 saturated heterocycles. The molecule has 3 aromatic heterocycles. The lowest BCUT2D eigenvalue weighted by Crippen LogP contribution is -2.40. The summed E-state index contributed by atoms with van der Waals surface area (Å²) in [5.41, 5.74) is 4.44. The van der Waals surface area contributed by atoms with E-state index in [0.29, 0.717) is 31.0 Å². The van der Waals surface area contributed by atoms with Gasteiger partial charge in [-0.25, -0.2) is 10.8 Å². The number of pyridine rings is 1. The summed E-state index contributed by atoms with van der Waals surface area (Å²) in [6.45, 7) is 4.76. The maximum atomic E-state index is 13.5. The van der Waals surface area contributed by atoms with E-state index < -0.39 is 0 Å². The summed E-state index contributed by atoms with van der Waals surface area (Å²) in [6.07, 6.45) is 12.4. The predicted molar refractivity (Wildman–Crippen MR) is 124 cm³/mol. The van der Waals surface area contributed by atoms with E-state index in [9.17, 15) is 4.79 Å². The summed E-state index contributed by atoms with van der Waals surface area (Å²) < 4.78 is 5.70. The van der Waals surface area contributed by atoms with Crippen LogP contribution in [-0.4, -0.2) is 47.5 Å². The molecule has 0 saturated carbocycles. The van der Waals surface area contributed by atoms with E-state index in [1.54, 1.807) is 34.6 Å². The molecule has 2 aliphatic rings. The molecule has 0 aliphatic carbocycles. The molecule has 0 spiro atoms. The Bertz CT molecular complexity index is 1270. The summed E-state index contributed by atoms with van der Waals surface area (Å²) in [5, 5.41) is 9.64. The number of nitrogens with one attached hydrogen (secondary N) is 1. The van der Waals surface area contributed by atoms with Crippen molar-refractivity contribution >= 4 is 5.91 Å². The van der Waals surface area contributed by atoms with Crippen LogP contribution in [0.4, 0.5) is 0 Å². The molecule has 174 valence electrons. The van der Waals surface area contributed by atoms with Crippen molar-refractivity contribution in [1.29, 1.82) is 0 Å². The molecule has 3 aromatic rings. The second kappa shape index (κ2) is 9.06. The van der Waals surface area contributed by atoms with Gasteiger partial charge in [0.05, 0.1) is 23.8 Å². The van der Waals surface area contributed by atoms with Crippen LogP contribution in [0.25, 0.3) is 11.6 Å². The third kappa shape index (κ3) is 4.03. The minimum atomic E-state index is -0.334. The molecule has 1 amide bonds. The molecule has 1 atom stereocenters. The SMILES string of the molecule is CC(C)C1=CC=CN(N)/C1=C\C[C@H]1c2nc[nH]c2CCN1C(=O)c1nnc(-c2ccccn2)o1. The molecule has 0 aromatic carbocycles. The summed E-state index contributed by atoms with van der Waals surface area (Å²) in [5.74, 6) is 6.34. The van der Waals surface area contributed by atoms with Crippen molar-refractivity contribution in [2.75, 3.05) is 6.54 Å². The average molecular weight is 459 g/mol. The van der Waals surface area contributed by atoms with Gasteiger partial charge in [0.15, 0.2) is 0 Å². The number of allylic oxidation sites excluding steroid dienone is 3. The fourth-order valence-corrected chi connectivity index (χ4v) is 4.35. The fraction of sp³-hybridized carbons (Fsp3) is 0.292. The minimum Gasteiger partial charge on any atom is -0.411 e. The largest absolute Gasteiger partial charge is 0.411 e. The highest BCUT2D eigenvalue weighted by Crippen LogP contribution is 2.34. The Kier molecular flexibility index (Phi) is 5.81. The number of carbonyl (C=O) groups excluding carboxylic acids is 1. The molecule has 0 fully saturated rings. The molecule has 5 heterocycles. The first kappa shape index (κ1) is 21.8. The fourth-order valence-electron chi connectivity index (χ4n) is 4.35. The van der Waals surface area contributed by atoms with Crippen molar-refractivity contribution in [3.05, 3.63) is 83.7 Å². The minimum absolute atomic E-state index is 0.0684. The molecule has 3 N–H and O–H groups in total. The van der Waals surface area contributed by atoms with Gasteiger partial charge in [0, 0.05) is 31.1 Å². The summed E-state index contributed by atoms with van der Waals surface area (Å²) in [4.78, 5) is 27.1. The number of nitrogens with zero attached hydrogens (tertiary/aromatic N) is 6. The van der Waals surface area contributed by atoms with Crippen LogP contribution < -0.4 is 5.84 Å². The standard InChI is InChI=1S/C24H26N8O2/c1-15(2)16-6-5-12-32(25)19(16)8-9-20-21-17(27-14-28-21)10-13-31(20)24(33)23-30-29-22(34-23)18-7-3-4-11-26-18/h3-8,11-12,14-15,20H,9-10,13,25H2,1-2H3,(H,27,28)/b19-8-/t20-/m0/s1. The second-order valence-electron chi connectivity index (χ2n) is 8.51. The van der Waals surface area contributed by atoms with Crippen LogP contribution in [0.5, 0.6) is 0 Å². The molecule has 0 unspecified atom stereocenters. The van der Waals surface area contributed by atoms with Gasteiger partial charge in [-0.05, 0) is 36.1 Å². The molecular weight excluding hydrogens is 432 g/mol. The van der Waals surface area contributed by atoms with E-state index in [4.69, 9.17) is 10.3 Å². The second-order valence-corrected chi connectivity index (χ2v) is 8.51. The number of aromatic nitrogens is 5. The molecule has 0 bridgehead atoms. The quantitative estimate of drug-likeness (QED) is 0.558. The van der Waals surface area contributed by atoms with Crippen LogP contribution in [-0.2, 0) is 6.42 Å². The van der Waals surface area contributed by atoms with Crippen LogP contribution >= 0.6 is 0 Å². The molecule has 5 rings (SSSR count). The highest BCUT2D eigenvalue weighted by Gasteiger charge is 2.35. The average Bonchev–Trinajstić information content (AvgIpc) is 3.53. The summed E-state index contributed by atoms with van der Waals surface area (Å²) in [6, 6.07) is 5.07. The van der Waals surface area contributed by atoms with Gasteiger partial charge in [0.25, 0.3) is 5.89 Å². The van der Waals surface area contributed by atoms with Crippen molar-refractivity contribution < 1.29 is 9.21 Å². The van der Waals surface area contributed by atoms with Gasteiger partial charge < -0.3 is 14.3 Å². The lowest BCUT2D eigenvalue weighted by molar-refractivity contribution is 0.0616. The van der Waals surface area contributed by atoms with Gasteiger partial charge in [-0.3, -0.25) is 14.8 Å². The van der Waals surface area contributed by atoms with Crippen molar-refractivity contribution in [2.24, 2.45) is 11.8 Å². The Morgan fingerprint density at radius 3 is 3.00 bits per heavy atom. The number of hydrogen-bond donors (Lipinski definition) is 2. The van der Waals surface area contributed by atoms with Gasteiger partial charge in [-0.15, -0.1) is 10.2 Å². The number of amides is 1. The molecule has 34 heavy (non-hydrogen) atoms. The van der Waals surface area contributed by atoms with Crippen molar-refractivity contribution in [3.63, 3.8) is 0 Å². The van der Waals surface area contributed by atoms with E-state index in [2.05, 4.69) is 51.1 Å². The highest BCUT2D eigenvalue weighted by atomic mass is 16.4. The zero-order chi connectivity index (χ0) is 23.7. The summed E-state index contributed by atoms with van der Waals surface area (Å²) in [7, 11) is 0. The van der Waals surface area contributed by atoms with Crippen LogP contribution in [0.1, 0.15) is 48.4 Å². The molecule has 0 radical (unpaired) electrons. The third-order valence-electron chi connectivity index (χ3n) is 6.05. The Labute approximate surface area is 196 Å². The van der Waals surface area contributed by atoms with Crippen molar-refractivity contribution in [3.8, 4) is 11.6 Å². The topological polar surface area (TPSA) is 130 Å². The van der Waals surface area contributed by atoms with E-state index in [0.717, 1.165) is 22.7 Å². The zero-order valence-electron chi connectivity index (χ0n) is 19.0. The van der Waals surface area contributed by atoms with E-state index >= 15 is 0 Å². The van der Waals surface area contributed by atoms with Crippen LogP contribution in [0.15, 0.2) is 70.8 Å². The normalized spacial score (nSPS) is 19.0. The molecule has 10 heteroatoms. The first-order valence-corrected chi connectivity index (χ1v) is 11.2. The molecule has 2 aliphatic heterocycles. The summed E-state index contributed by atoms with van der Waals surface area (Å²) >= 11 is 0. The van der Waals surface area contributed by atoms with Crippen LogP contribution in [0, 0.1) is 5.92 Å². The number of hydrazine groups is 1. The van der Waals surface area contributed by atoms with E-state index in [-0.39, 0.29) is 23.7 Å². The Morgan fingerprint density at radius 1 is 1.32 bits per heavy atom. The van der Waals surface area contributed by atoms with Gasteiger partial charge in [0.2, 0.25) is 0 Å². The van der Waals surface area contributed by atoms with Crippen LogP contribution in [0.2, 0.25) is 0 Å². The zero-order valence-corrected chi connectivity index (χ0v) is 19.0. The number of rotatable bonds is 5. The van der Waals surface area contributed by atoms with Crippen molar-refractivity contribution in [1.82, 2.24) is 35.1 Å². The van der Waals surface area contributed by atoms with Gasteiger partial charge in [0.1, 0.15) is 5.69 Å². The molecule has 10 nitrogen and oxygen atoms in total. The number of imidazole rings is 1. The van der Waals surface area contributed by atoms with E-state index in [1.807, 2.05) is 18.3 Å². The third-order valence-corrected chi connectivity index (χ3v) is 6.05. The molecular formula is C24H26N8O2. The Hall–Kier alpha value is -4.05. The first-order valence-electron chi connectivity index (χ1n) is 11.2. The lowest BCUT2D eigenvalue weighted by atomic mass is 9.94. The van der Waals surface area contributed by atoms with Gasteiger partial charge in [-0.1, -0.05) is 32.1 Å². The van der Waals surface area contributed by atoms with Gasteiger partial charge in [-0.2, -0.15) is 0 Å². The number of hydrogen-bond acceptors (Lipinski definition) is 8. The number of H-pyrrole nitrogens is 1. The predicted octanol–water partition coefficient (Wildman–Crippen LogP) is 3.15. The first-order chi connectivity index (χ1) is 16.5. The Balaban J connectivity index is 1.44.